The van der Waals surface area contributed by atoms with Crippen molar-refractivity contribution in [1.82, 2.24) is 4.72 Å². The zero-order valence-corrected chi connectivity index (χ0v) is 15.5. The number of halogens is 1. The van der Waals surface area contributed by atoms with Gasteiger partial charge < -0.3 is 0 Å². The number of hydrogen-bond donors (Lipinski definition) is 1. The quantitative estimate of drug-likeness (QED) is 0.675. The van der Waals surface area contributed by atoms with Crippen LogP contribution >= 0.6 is 11.6 Å². The lowest BCUT2D eigenvalue weighted by atomic mass is 10.1. The molecule has 1 unspecified atom stereocenters. The van der Waals surface area contributed by atoms with Crippen LogP contribution in [0.2, 0.25) is 5.02 Å². The van der Waals surface area contributed by atoms with Gasteiger partial charge in [0.05, 0.1) is 4.90 Å². The molecule has 0 aliphatic heterocycles. The number of benzene rings is 3. The number of hydrogen-bond acceptors (Lipinski definition) is 2. The molecule has 0 aliphatic rings. The fourth-order valence-corrected chi connectivity index (χ4v) is 4.77. The lowest BCUT2D eigenvalue weighted by Crippen LogP contribution is -2.33. The molecule has 0 amide bonds. The molecule has 0 aliphatic carbocycles. The molecule has 3 nitrogen and oxygen atoms in total. The number of sulfonamides is 1. The first-order valence-electron chi connectivity index (χ1n) is 8.21. The van der Waals surface area contributed by atoms with Crippen LogP contribution in [-0.4, -0.2) is 14.5 Å². The van der Waals surface area contributed by atoms with Crippen molar-refractivity contribution in [3.63, 3.8) is 0 Å². The first-order valence-corrected chi connectivity index (χ1v) is 10.1. The summed E-state index contributed by atoms with van der Waals surface area (Å²) in [4.78, 5) is 0.224. The lowest BCUT2D eigenvalue weighted by molar-refractivity contribution is 0.547. The lowest BCUT2D eigenvalue weighted by Gasteiger charge is -2.16. The highest BCUT2D eigenvalue weighted by Gasteiger charge is 2.21. The topological polar surface area (TPSA) is 46.2 Å². The molecule has 5 heteroatoms. The Balaban J connectivity index is 1.80. The molecule has 1 atom stereocenters. The summed E-state index contributed by atoms with van der Waals surface area (Å²) in [6, 6.07) is 20.4. The van der Waals surface area contributed by atoms with Gasteiger partial charge in [-0.2, -0.15) is 0 Å². The third-order valence-electron chi connectivity index (χ3n) is 4.17. The van der Waals surface area contributed by atoms with Crippen LogP contribution in [0, 0.1) is 0 Å². The van der Waals surface area contributed by atoms with E-state index in [4.69, 9.17) is 11.6 Å². The van der Waals surface area contributed by atoms with Crippen LogP contribution in [0.1, 0.15) is 18.9 Å². The van der Waals surface area contributed by atoms with Gasteiger partial charge in [-0.15, -0.1) is 0 Å². The average Bonchev–Trinajstić information content (AvgIpc) is 2.60. The highest BCUT2D eigenvalue weighted by Crippen LogP contribution is 2.29. The molecule has 0 aromatic heterocycles. The van der Waals surface area contributed by atoms with Crippen molar-refractivity contribution < 1.29 is 8.42 Å². The highest BCUT2D eigenvalue weighted by atomic mass is 35.5. The maximum Gasteiger partial charge on any atom is 0.241 e. The van der Waals surface area contributed by atoms with Crippen LogP contribution in [0.4, 0.5) is 0 Å². The van der Waals surface area contributed by atoms with Gasteiger partial charge in [0.2, 0.25) is 10.0 Å². The zero-order chi connectivity index (χ0) is 17.9. The summed E-state index contributed by atoms with van der Waals surface area (Å²) in [5.41, 5.74) is 1.20. The van der Waals surface area contributed by atoms with Gasteiger partial charge in [-0.05, 0) is 42.8 Å². The predicted octanol–water partition coefficient (Wildman–Crippen LogP) is 4.79. The fourth-order valence-electron chi connectivity index (χ4n) is 2.90. The van der Waals surface area contributed by atoms with E-state index >= 15 is 0 Å². The van der Waals surface area contributed by atoms with Crippen molar-refractivity contribution in [1.29, 1.82) is 0 Å². The van der Waals surface area contributed by atoms with E-state index in [1.54, 1.807) is 18.2 Å². The molecule has 0 saturated carbocycles. The summed E-state index contributed by atoms with van der Waals surface area (Å²) < 4.78 is 28.5. The Hall–Kier alpha value is -1.88. The molecular weight excluding hydrogens is 354 g/mol. The smallest absolute Gasteiger partial charge is 0.208 e. The van der Waals surface area contributed by atoms with Gasteiger partial charge in [-0.1, -0.05) is 66.2 Å². The molecule has 0 fully saturated rings. The predicted molar refractivity (Wildman–Crippen MR) is 104 cm³/mol. The Morgan fingerprint density at radius 2 is 1.64 bits per heavy atom. The SMILES string of the molecule is CC(CCc1ccccc1)NS(=O)(=O)c1cccc2cccc(Cl)c12. The second-order valence-corrected chi connectivity index (χ2v) is 8.23. The monoisotopic (exact) mass is 373 g/mol. The van der Waals surface area contributed by atoms with E-state index in [0.29, 0.717) is 10.4 Å². The van der Waals surface area contributed by atoms with E-state index in [2.05, 4.69) is 4.72 Å². The Kier molecular flexibility index (Phi) is 5.42. The minimum absolute atomic E-state index is 0.178. The average molecular weight is 374 g/mol. The fraction of sp³-hybridized carbons (Fsp3) is 0.200. The van der Waals surface area contributed by atoms with Crippen molar-refractivity contribution in [2.75, 3.05) is 0 Å². The Morgan fingerprint density at radius 3 is 2.36 bits per heavy atom. The molecule has 0 bridgehead atoms. The van der Waals surface area contributed by atoms with E-state index in [0.717, 1.165) is 18.2 Å². The van der Waals surface area contributed by atoms with E-state index in [1.165, 1.54) is 5.56 Å². The van der Waals surface area contributed by atoms with Crippen LogP contribution < -0.4 is 4.72 Å². The van der Waals surface area contributed by atoms with Gasteiger partial charge in [0.15, 0.2) is 0 Å². The number of nitrogens with one attached hydrogen (secondary N) is 1. The van der Waals surface area contributed by atoms with Crippen molar-refractivity contribution in [3.05, 3.63) is 77.3 Å². The Bertz CT molecular complexity index is 966. The largest absolute Gasteiger partial charge is 0.241 e. The van der Waals surface area contributed by atoms with Crippen LogP contribution in [0.25, 0.3) is 10.8 Å². The minimum atomic E-state index is -3.65. The van der Waals surface area contributed by atoms with Crippen LogP contribution in [-0.2, 0) is 16.4 Å². The maximum atomic E-state index is 12.9. The first kappa shape index (κ1) is 17.9. The molecule has 0 radical (unpaired) electrons. The standard InChI is InChI=1S/C20H20ClNO2S/c1-15(13-14-16-7-3-2-4-8-16)22-25(23,24)19-12-6-10-17-9-5-11-18(21)20(17)19/h2-12,15,22H,13-14H2,1H3. The molecule has 25 heavy (non-hydrogen) atoms. The van der Waals surface area contributed by atoms with Gasteiger partial charge in [0.1, 0.15) is 0 Å². The van der Waals surface area contributed by atoms with Gasteiger partial charge in [0.25, 0.3) is 0 Å². The van der Waals surface area contributed by atoms with Crippen molar-refractivity contribution in [2.45, 2.75) is 30.7 Å². The summed E-state index contributed by atoms with van der Waals surface area (Å²) in [5.74, 6) is 0. The van der Waals surface area contributed by atoms with Gasteiger partial charge >= 0.3 is 0 Å². The molecule has 0 heterocycles. The highest BCUT2D eigenvalue weighted by molar-refractivity contribution is 7.89. The third-order valence-corrected chi connectivity index (χ3v) is 6.12. The van der Waals surface area contributed by atoms with E-state index in [9.17, 15) is 8.42 Å². The number of rotatable bonds is 6. The Labute approximate surface area is 153 Å². The summed E-state index contributed by atoms with van der Waals surface area (Å²) in [7, 11) is -3.65. The second-order valence-electron chi connectivity index (χ2n) is 6.14. The molecular formula is C20H20ClNO2S. The minimum Gasteiger partial charge on any atom is -0.208 e. The van der Waals surface area contributed by atoms with Gasteiger partial charge in [0, 0.05) is 16.5 Å². The van der Waals surface area contributed by atoms with Crippen LogP contribution in [0.5, 0.6) is 0 Å². The molecule has 0 spiro atoms. The maximum absolute atomic E-state index is 12.9. The molecule has 3 aromatic rings. The summed E-state index contributed by atoms with van der Waals surface area (Å²) in [6.45, 7) is 1.88. The zero-order valence-electron chi connectivity index (χ0n) is 13.9. The normalized spacial score (nSPS) is 13.0. The molecule has 3 rings (SSSR count). The molecule has 1 N–H and O–H groups in total. The van der Waals surface area contributed by atoms with Crippen LogP contribution in [0.15, 0.2) is 71.6 Å². The first-order chi connectivity index (χ1) is 12.0. The van der Waals surface area contributed by atoms with E-state index < -0.39 is 10.0 Å². The summed E-state index contributed by atoms with van der Waals surface area (Å²) in [5, 5.41) is 1.82. The van der Waals surface area contributed by atoms with E-state index in [-0.39, 0.29) is 10.9 Å². The van der Waals surface area contributed by atoms with Gasteiger partial charge in [-0.25, -0.2) is 13.1 Å². The number of fused-ring (bicyclic) bond motifs is 1. The number of aryl methyl sites for hydroxylation is 1. The molecule has 0 saturated heterocycles. The van der Waals surface area contributed by atoms with E-state index in [1.807, 2.05) is 55.5 Å². The van der Waals surface area contributed by atoms with Crippen molar-refractivity contribution >= 4 is 32.4 Å². The van der Waals surface area contributed by atoms with Crippen molar-refractivity contribution in [3.8, 4) is 0 Å². The molecule has 130 valence electrons. The van der Waals surface area contributed by atoms with Gasteiger partial charge in [-0.3, -0.25) is 0 Å². The third kappa shape index (κ3) is 4.21. The van der Waals surface area contributed by atoms with Crippen molar-refractivity contribution in [2.24, 2.45) is 0 Å². The van der Waals surface area contributed by atoms with Crippen LogP contribution in [0.3, 0.4) is 0 Å². The Morgan fingerprint density at radius 1 is 0.960 bits per heavy atom. The summed E-state index contributed by atoms with van der Waals surface area (Å²) in [6.07, 6.45) is 1.54. The molecule has 3 aromatic carbocycles. The second kappa shape index (κ2) is 7.56. The summed E-state index contributed by atoms with van der Waals surface area (Å²) >= 11 is 6.25.